The summed E-state index contributed by atoms with van der Waals surface area (Å²) in [6, 6.07) is 7.45. The molecular weight excluding hydrogens is 195 g/mol. The van der Waals surface area contributed by atoms with E-state index < -0.39 is 0 Å². The van der Waals surface area contributed by atoms with E-state index in [9.17, 15) is 0 Å². The Morgan fingerprint density at radius 1 is 1.00 bits per heavy atom. The molecule has 0 N–H and O–H groups in total. The number of halogens is 2. The first-order valence-electron chi connectivity index (χ1n) is 3.35. The molecule has 0 aliphatic rings. The number of hydrogen-bond acceptors (Lipinski definition) is 2. The maximum absolute atomic E-state index is 5.89. The van der Waals surface area contributed by atoms with Gasteiger partial charge in [0.2, 0.25) is 0 Å². The van der Waals surface area contributed by atoms with Crippen LogP contribution in [0.15, 0.2) is 24.3 Å². The number of nitrogens with zero attached hydrogens (tertiary/aromatic N) is 2. The standard InChI is InChI=1S/C8H4Cl2N2/c9-7-5-3-1-2-4-6(5)11-12-8(7)10/h1-4H. The summed E-state index contributed by atoms with van der Waals surface area (Å²) in [7, 11) is 0. The van der Waals surface area contributed by atoms with Crippen molar-refractivity contribution in [3.63, 3.8) is 0 Å². The molecule has 2 nitrogen and oxygen atoms in total. The van der Waals surface area contributed by atoms with Crippen LogP contribution < -0.4 is 0 Å². The van der Waals surface area contributed by atoms with E-state index in [1.165, 1.54) is 0 Å². The van der Waals surface area contributed by atoms with Gasteiger partial charge in [-0.2, -0.15) is 0 Å². The maximum atomic E-state index is 5.89. The Hall–Kier alpha value is -0.860. The third-order valence-electron chi connectivity index (χ3n) is 1.57. The molecule has 0 fully saturated rings. The van der Waals surface area contributed by atoms with Crippen molar-refractivity contribution in [2.75, 3.05) is 0 Å². The molecule has 2 aromatic rings. The van der Waals surface area contributed by atoms with Crippen molar-refractivity contribution >= 4 is 34.1 Å². The highest BCUT2D eigenvalue weighted by molar-refractivity contribution is 6.44. The van der Waals surface area contributed by atoms with Gasteiger partial charge >= 0.3 is 0 Å². The molecule has 0 radical (unpaired) electrons. The molecule has 0 amide bonds. The van der Waals surface area contributed by atoms with Crippen LogP contribution in [0.4, 0.5) is 0 Å². The van der Waals surface area contributed by atoms with Crippen LogP contribution in [0.5, 0.6) is 0 Å². The minimum atomic E-state index is 0.246. The third-order valence-corrected chi connectivity index (χ3v) is 2.31. The SMILES string of the molecule is Clc1nnc2ccccc2c1Cl. The van der Waals surface area contributed by atoms with Crippen LogP contribution >= 0.6 is 23.2 Å². The largest absolute Gasteiger partial charge is 0.170 e. The highest BCUT2D eigenvalue weighted by Crippen LogP contribution is 2.26. The number of benzene rings is 1. The highest BCUT2D eigenvalue weighted by Gasteiger charge is 2.04. The molecule has 4 heteroatoms. The monoisotopic (exact) mass is 198 g/mol. The van der Waals surface area contributed by atoms with Crippen LogP contribution in [0.3, 0.4) is 0 Å². The molecule has 1 aromatic heterocycles. The van der Waals surface area contributed by atoms with E-state index in [0.29, 0.717) is 5.02 Å². The minimum absolute atomic E-state index is 0.246. The molecule has 0 spiro atoms. The number of fused-ring (bicyclic) bond motifs is 1. The highest BCUT2D eigenvalue weighted by atomic mass is 35.5. The lowest BCUT2D eigenvalue weighted by Gasteiger charge is -1.98. The van der Waals surface area contributed by atoms with Gasteiger partial charge in [0, 0.05) is 5.39 Å². The predicted octanol–water partition coefficient (Wildman–Crippen LogP) is 2.94. The van der Waals surface area contributed by atoms with Crippen molar-refractivity contribution < 1.29 is 0 Å². The molecule has 0 saturated heterocycles. The number of hydrogen-bond donors (Lipinski definition) is 0. The van der Waals surface area contributed by atoms with Crippen LogP contribution in [-0.4, -0.2) is 10.2 Å². The molecule has 1 heterocycles. The minimum Gasteiger partial charge on any atom is -0.149 e. The van der Waals surface area contributed by atoms with Gasteiger partial charge in [-0.1, -0.05) is 41.4 Å². The molecule has 2 rings (SSSR count). The van der Waals surface area contributed by atoms with Crippen LogP contribution in [0.2, 0.25) is 10.2 Å². The summed E-state index contributed by atoms with van der Waals surface area (Å²) in [5, 5.41) is 9.10. The van der Waals surface area contributed by atoms with Crippen molar-refractivity contribution in [3.8, 4) is 0 Å². The first kappa shape index (κ1) is 7.77. The molecule has 0 bridgehead atoms. The smallest absolute Gasteiger partial charge is 0.149 e. The number of aromatic nitrogens is 2. The van der Waals surface area contributed by atoms with E-state index in [2.05, 4.69) is 10.2 Å². The van der Waals surface area contributed by atoms with Crippen molar-refractivity contribution in [2.24, 2.45) is 0 Å². The summed E-state index contributed by atoms with van der Waals surface area (Å²) in [6.07, 6.45) is 0. The molecule has 0 aliphatic carbocycles. The van der Waals surface area contributed by atoms with E-state index in [1.54, 1.807) is 0 Å². The van der Waals surface area contributed by atoms with Crippen LogP contribution in [0, 0.1) is 0 Å². The average Bonchev–Trinajstić information content (AvgIpc) is 2.12. The lowest BCUT2D eigenvalue weighted by atomic mass is 10.2. The van der Waals surface area contributed by atoms with E-state index >= 15 is 0 Å². The van der Waals surface area contributed by atoms with Gasteiger partial charge in [0.1, 0.15) is 0 Å². The maximum Gasteiger partial charge on any atom is 0.170 e. The quantitative estimate of drug-likeness (QED) is 0.651. The zero-order valence-corrected chi connectivity index (χ0v) is 7.47. The Morgan fingerprint density at radius 3 is 2.58 bits per heavy atom. The predicted molar refractivity (Wildman–Crippen MR) is 49.6 cm³/mol. The van der Waals surface area contributed by atoms with Crippen LogP contribution in [0.25, 0.3) is 10.9 Å². The van der Waals surface area contributed by atoms with E-state index in [0.717, 1.165) is 10.9 Å². The van der Waals surface area contributed by atoms with Gasteiger partial charge in [-0.05, 0) is 6.07 Å². The van der Waals surface area contributed by atoms with E-state index in [1.807, 2.05) is 24.3 Å². The topological polar surface area (TPSA) is 25.8 Å². The van der Waals surface area contributed by atoms with Gasteiger partial charge in [0.05, 0.1) is 10.5 Å². The summed E-state index contributed by atoms with van der Waals surface area (Å²) in [4.78, 5) is 0. The van der Waals surface area contributed by atoms with Crippen LogP contribution in [0.1, 0.15) is 0 Å². The summed E-state index contributed by atoms with van der Waals surface area (Å²) >= 11 is 11.6. The van der Waals surface area contributed by atoms with Crippen molar-refractivity contribution in [1.82, 2.24) is 10.2 Å². The fraction of sp³-hybridized carbons (Fsp3) is 0. The molecule has 12 heavy (non-hydrogen) atoms. The Balaban J connectivity index is 2.91. The summed E-state index contributed by atoms with van der Waals surface area (Å²) in [5.41, 5.74) is 0.756. The van der Waals surface area contributed by atoms with Gasteiger partial charge in [-0.3, -0.25) is 0 Å². The third kappa shape index (κ3) is 1.13. The van der Waals surface area contributed by atoms with E-state index in [-0.39, 0.29) is 5.15 Å². The summed E-state index contributed by atoms with van der Waals surface area (Å²) in [5.74, 6) is 0. The summed E-state index contributed by atoms with van der Waals surface area (Å²) in [6.45, 7) is 0. The fourth-order valence-corrected chi connectivity index (χ4v) is 1.34. The Labute approximate surface area is 79.1 Å². The normalized spacial score (nSPS) is 10.5. The average molecular weight is 199 g/mol. The van der Waals surface area contributed by atoms with Gasteiger partial charge < -0.3 is 0 Å². The van der Waals surface area contributed by atoms with Gasteiger partial charge in [0.15, 0.2) is 5.15 Å². The van der Waals surface area contributed by atoms with Crippen molar-refractivity contribution in [2.45, 2.75) is 0 Å². The molecular formula is C8H4Cl2N2. The van der Waals surface area contributed by atoms with Crippen molar-refractivity contribution in [3.05, 3.63) is 34.4 Å². The second kappa shape index (κ2) is 2.88. The lowest BCUT2D eigenvalue weighted by Crippen LogP contribution is -1.85. The zero-order valence-electron chi connectivity index (χ0n) is 5.96. The second-order valence-electron chi connectivity index (χ2n) is 2.32. The van der Waals surface area contributed by atoms with Gasteiger partial charge in [-0.15, -0.1) is 10.2 Å². The number of rotatable bonds is 0. The Bertz CT molecular complexity index is 428. The Morgan fingerprint density at radius 2 is 1.75 bits per heavy atom. The molecule has 0 aliphatic heterocycles. The van der Waals surface area contributed by atoms with E-state index in [4.69, 9.17) is 23.2 Å². The first-order chi connectivity index (χ1) is 5.79. The molecule has 0 saturated carbocycles. The molecule has 1 aromatic carbocycles. The summed E-state index contributed by atoms with van der Waals surface area (Å²) < 4.78 is 0. The fourth-order valence-electron chi connectivity index (χ4n) is 0.999. The molecule has 0 unspecified atom stereocenters. The van der Waals surface area contributed by atoms with Gasteiger partial charge in [-0.25, -0.2) is 0 Å². The van der Waals surface area contributed by atoms with Crippen LogP contribution in [-0.2, 0) is 0 Å². The van der Waals surface area contributed by atoms with Gasteiger partial charge in [0.25, 0.3) is 0 Å². The van der Waals surface area contributed by atoms with Crippen molar-refractivity contribution in [1.29, 1.82) is 0 Å². The molecule has 60 valence electrons. The molecule has 0 atom stereocenters. The first-order valence-corrected chi connectivity index (χ1v) is 4.11. The zero-order chi connectivity index (χ0) is 8.55. The lowest BCUT2D eigenvalue weighted by molar-refractivity contribution is 1.08. The second-order valence-corrected chi connectivity index (χ2v) is 3.06. The Kier molecular flexibility index (Phi) is 1.87.